The molecule has 4 aromatic carbocycles. The summed E-state index contributed by atoms with van der Waals surface area (Å²) in [5.41, 5.74) is 5.80. The first-order valence-electron chi connectivity index (χ1n) is 17.4. The van der Waals surface area contributed by atoms with Crippen molar-refractivity contribution in [3.05, 3.63) is 161 Å². The zero-order valence-electron chi connectivity index (χ0n) is 30.0. The highest BCUT2D eigenvalue weighted by molar-refractivity contribution is 7.07. The highest BCUT2D eigenvalue weighted by atomic mass is 32.1. The lowest BCUT2D eigenvalue weighted by Gasteiger charge is -2.25. The van der Waals surface area contributed by atoms with Gasteiger partial charge in [-0.15, -0.1) is 0 Å². The van der Waals surface area contributed by atoms with E-state index in [-0.39, 0.29) is 23.4 Å². The van der Waals surface area contributed by atoms with Gasteiger partial charge < -0.3 is 18.8 Å². The molecule has 0 radical (unpaired) electrons. The second-order valence-corrected chi connectivity index (χ2v) is 13.3. The van der Waals surface area contributed by atoms with Gasteiger partial charge in [-0.05, 0) is 73.9 Å². The molecule has 0 spiro atoms. The van der Waals surface area contributed by atoms with Gasteiger partial charge in [-0.25, -0.2) is 9.79 Å². The number of benzene rings is 4. The van der Waals surface area contributed by atoms with Crippen molar-refractivity contribution in [1.29, 1.82) is 0 Å². The van der Waals surface area contributed by atoms with Crippen LogP contribution in [0.2, 0.25) is 0 Å². The monoisotopic (exact) mass is 740 g/mol. The van der Waals surface area contributed by atoms with Crippen LogP contribution in [0.1, 0.15) is 37.9 Å². The van der Waals surface area contributed by atoms with E-state index in [4.69, 9.17) is 19.2 Å². The van der Waals surface area contributed by atoms with Crippen molar-refractivity contribution in [3.8, 4) is 39.7 Å². The van der Waals surface area contributed by atoms with Gasteiger partial charge in [0, 0.05) is 23.4 Å². The van der Waals surface area contributed by atoms with E-state index in [9.17, 15) is 19.7 Å². The largest absolute Gasteiger partial charge is 0.493 e. The van der Waals surface area contributed by atoms with Gasteiger partial charge in [0.25, 0.3) is 11.2 Å². The number of hydrogen-bond acceptors (Lipinski definition) is 9. The second-order valence-electron chi connectivity index (χ2n) is 12.3. The van der Waals surface area contributed by atoms with Crippen LogP contribution in [0, 0.1) is 10.1 Å². The number of nitrogens with zero attached hydrogens (tertiary/aromatic N) is 4. The van der Waals surface area contributed by atoms with Gasteiger partial charge in [0.05, 0.1) is 58.5 Å². The minimum Gasteiger partial charge on any atom is -0.493 e. The number of allylic oxidation sites excluding steroid dienone is 1. The molecule has 0 fully saturated rings. The fraction of sp³-hybridized carbons (Fsp3) is 0.167. The lowest BCUT2D eigenvalue weighted by molar-refractivity contribution is -0.384. The molecule has 0 aliphatic carbocycles. The van der Waals surface area contributed by atoms with E-state index < -0.39 is 16.9 Å². The molecule has 12 heteroatoms. The third-order valence-corrected chi connectivity index (χ3v) is 10.1. The Labute approximate surface area is 314 Å². The quantitative estimate of drug-likeness (QED) is 0.0779. The summed E-state index contributed by atoms with van der Waals surface area (Å²) in [5, 5.41) is 11.6. The molecule has 0 N–H and O–H groups in total. The van der Waals surface area contributed by atoms with E-state index >= 15 is 0 Å². The van der Waals surface area contributed by atoms with E-state index in [1.165, 1.54) is 23.5 Å². The maximum Gasteiger partial charge on any atom is 0.338 e. The SMILES string of the molecule is CCOC(=O)C1=C(C)N=c2s/c(=C\c3cc(-c4ccccc4)n(-c4ccc([N+](=O)[O-])cc4)c3-c3ccccc3)c(=O)n2[C@H]1c1ccc(OC)c(OCC)c1. The van der Waals surface area contributed by atoms with Crippen molar-refractivity contribution >= 4 is 29.1 Å². The van der Waals surface area contributed by atoms with Crippen LogP contribution in [0.5, 0.6) is 11.5 Å². The first-order chi connectivity index (χ1) is 26.2. The number of non-ortho nitro benzene ring substituents is 1. The molecule has 1 aliphatic rings. The molecule has 0 amide bonds. The van der Waals surface area contributed by atoms with Crippen molar-refractivity contribution in [1.82, 2.24) is 9.13 Å². The number of nitro groups is 1. The molecular weight excluding hydrogens is 705 g/mol. The topological polar surface area (TPSA) is 127 Å². The molecule has 7 rings (SSSR count). The van der Waals surface area contributed by atoms with Crippen LogP contribution in [-0.4, -0.2) is 40.4 Å². The lowest BCUT2D eigenvalue weighted by atomic mass is 9.95. The van der Waals surface area contributed by atoms with Crippen LogP contribution in [0.15, 0.2) is 130 Å². The Hall–Kier alpha value is -6.53. The molecule has 6 aromatic rings. The first-order valence-corrected chi connectivity index (χ1v) is 18.2. The van der Waals surface area contributed by atoms with Gasteiger partial charge in [0.1, 0.15) is 0 Å². The molecule has 0 bridgehead atoms. The van der Waals surface area contributed by atoms with Crippen LogP contribution in [0.3, 0.4) is 0 Å². The van der Waals surface area contributed by atoms with Crippen molar-refractivity contribution < 1.29 is 23.9 Å². The summed E-state index contributed by atoms with van der Waals surface area (Å²) in [6, 6.07) is 32.5. The standard InChI is InChI=1S/C42H36N4O7S/c1-5-52-35-24-29(17-22-34(35)51-4)39-37(41(48)53-6-2)26(3)43-42-45(39)40(47)36(54-42)25-30-23-33(27-13-9-7-10-14-27)44(38(30)28-15-11-8-12-16-28)31-18-20-32(21-19-31)46(49)50/h7-25,39H,5-6H2,1-4H3/b36-25-/t39-/m0/s1. The van der Waals surface area contributed by atoms with Crippen LogP contribution < -0.4 is 24.4 Å². The number of thiazole rings is 1. The van der Waals surface area contributed by atoms with Crippen LogP contribution in [0.4, 0.5) is 5.69 Å². The lowest BCUT2D eigenvalue weighted by Crippen LogP contribution is -2.40. The maximum absolute atomic E-state index is 14.7. The summed E-state index contributed by atoms with van der Waals surface area (Å²) in [6.07, 6.45) is 1.85. The number of nitro benzene ring substituents is 1. The summed E-state index contributed by atoms with van der Waals surface area (Å²) >= 11 is 1.23. The zero-order valence-corrected chi connectivity index (χ0v) is 30.8. The third-order valence-electron chi connectivity index (χ3n) is 9.07. The normalized spacial score (nSPS) is 14.0. The highest BCUT2D eigenvalue weighted by Crippen LogP contribution is 2.38. The Balaban J connectivity index is 1.50. The number of ether oxygens (including phenoxy) is 3. The van der Waals surface area contributed by atoms with Gasteiger partial charge in [-0.2, -0.15) is 0 Å². The Morgan fingerprint density at radius 2 is 1.59 bits per heavy atom. The van der Waals surface area contributed by atoms with Crippen molar-refractivity contribution in [2.45, 2.75) is 26.8 Å². The predicted octanol–water partition coefficient (Wildman–Crippen LogP) is 7.24. The molecule has 1 aliphatic heterocycles. The van der Waals surface area contributed by atoms with Crippen molar-refractivity contribution in [3.63, 3.8) is 0 Å². The summed E-state index contributed by atoms with van der Waals surface area (Å²) in [7, 11) is 1.55. The smallest absolute Gasteiger partial charge is 0.338 e. The fourth-order valence-corrected chi connectivity index (χ4v) is 7.76. The molecule has 3 heterocycles. The first kappa shape index (κ1) is 35.9. The van der Waals surface area contributed by atoms with Gasteiger partial charge in [0.15, 0.2) is 16.3 Å². The Morgan fingerprint density at radius 1 is 0.907 bits per heavy atom. The second kappa shape index (κ2) is 15.2. The minimum atomic E-state index is -0.856. The molecule has 11 nitrogen and oxygen atoms in total. The van der Waals surface area contributed by atoms with E-state index in [0.717, 1.165) is 28.1 Å². The summed E-state index contributed by atoms with van der Waals surface area (Å²) in [4.78, 5) is 44.6. The van der Waals surface area contributed by atoms with E-state index in [1.807, 2.05) is 85.8 Å². The molecule has 0 unspecified atom stereocenters. The molecule has 0 saturated carbocycles. The number of carbonyl (C=O) groups excluding carboxylic acids is 1. The van der Waals surface area contributed by atoms with Crippen molar-refractivity contribution in [2.24, 2.45) is 4.99 Å². The Bertz CT molecular complexity index is 2590. The van der Waals surface area contributed by atoms with Crippen molar-refractivity contribution in [2.75, 3.05) is 20.3 Å². The van der Waals surface area contributed by atoms with E-state index in [1.54, 1.807) is 49.8 Å². The minimum absolute atomic E-state index is 0.0213. The van der Waals surface area contributed by atoms with Gasteiger partial charge in [-0.1, -0.05) is 78.1 Å². The highest BCUT2D eigenvalue weighted by Gasteiger charge is 2.34. The average molecular weight is 741 g/mol. The van der Waals surface area contributed by atoms with Gasteiger partial charge in [0.2, 0.25) is 0 Å². The van der Waals surface area contributed by atoms with Crippen LogP contribution >= 0.6 is 11.3 Å². The van der Waals surface area contributed by atoms with Crippen LogP contribution in [-0.2, 0) is 9.53 Å². The molecule has 272 valence electrons. The average Bonchev–Trinajstić information content (AvgIpc) is 3.71. The summed E-state index contributed by atoms with van der Waals surface area (Å²) in [5.74, 6) is 0.434. The predicted molar refractivity (Wildman–Crippen MR) is 208 cm³/mol. The van der Waals surface area contributed by atoms with E-state index in [0.29, 0.717) is 44.4 Å². The molecule has 1 atom stereocenters. The van der Waals surface area contributed by atoms with Gasteiger partial charge in [-0.3, -0.25) is 19.5 Å². The number of rotatable bonds is 11. The molecule has 0 saturated heterocycles. The Kier molecular flexibility index (Phi) is 10.1. The third kappa shape index (κ3) is 6.63. The van der Waals surface area contributed by atoms with Gasteiger partial charge >= 0.3 is 5.97 Å². The molecular formula is C42H36N4O7S. The molecule has 54 heavy (non-hydrogen) atoms. The number of esters is 1. The number of hydrogen-bond donors (Lipinski definition) is 0. The number of carbonyl (C=O) groups is 1. The Morgan fingerprint density at radius 3 is 2.22 bits per heavy atom. The molecule has 2 aromatic heterocycles. The summed E-state index contributed by atoms with van der Waals surface area (Å²) < 4.78 is 20.9. The van der Waals surface area contributed by atoms with E-state index in [2.05, 4.69) is 4.57 Å². The number of methoxy groups -OCH3 is 1. The van der Waals surface area contributed by atoms with Crippen LogP contribution in [0.25, 0.3) is 34.3 Å². The fourth-order valence-electron chi connectivity index (χ4n) is 6.72. The number of fused-ring (bicyclic) bond motifs is 1. The maximum atomic E-state index is 14.7. The summed E-state index contributed by atoms with van der Waals surface area (Å²) in [6.45, 7) is 5.88. The number of aromatic nitrogens is 2. The zero-order chi connectivity index (χ0) is 37.9.